The normalized spacial score (nSPS) is 10.9. The molecule has 0 N–H and O–H groups in total. The second-order valence-electron chi connectivity index (χ2n) is 4.44. The van der Waals surface area contributed by atoms with Gasteiger partial charge in [0.1, 0.15) is 0 Å². The minimum Gasteiger partial charge on any atom is -0.311 e. The number of thiophene rings is 1. The molecule has 0 saturated heterocycles. The molecule has 3 aromatic rings. The van der Waals surface area contributed by atoms with Crippen molar-refractivity contribution < 1.29 is 0 Å². The number of aryl methyl sites for hydroxylation is 1. The molecule has 0 aliphatic carbocycles. The molecule has 0 bridgehead atoms. The molecule has 0 radical (unpaired) electrons. The molecule has 18 heavy (non-hydrogen) atoms. The zero-order valence-electron chi connectivity index (χ0n) is 10.1. The van der Waals surface area contributed by atoms with Gasteiger partial charge in [0.25, 0.3) is 5.56 Å². The van der Waals surface area contributed by atoms with Crippen molar-refractivity contribution >= 4 is 21.4 Å². The fraction of sp³-hybridized carbons (Fsp3) is 0.133. The number of hydrogen-bond donors (Lipinski definition) is 0. The lowest BCUT2D eigenvalue weighted by Crippen LogP contribution is -2.19. The van der Waals surface area contributed by atoms with E-state index in [-0.39, 0.29) is 5.56 Å². The Labute approximate surface area is 109 Å². The highest BCUT2D eigenvalue weighted by Gasteiger charge is 2.04. The summed E-state index contributed by atoms with van der Waals surface area (Å²) in [6, 6.07) is 12.2. The summed E-state index contributed by atoms with van der Waals surface area (Å²) in [5.41, 5.74) is 2.47. The van der Waals surface area contributed by atoms with Gasteiger partial charge in [-0.3, -0.25) is 4.79 Å². The highest BCUT2D eigenvalue weighted by molar-refractivity contribution is 7.17. The van der Waals surface area contributed by atoms with E-state index in [0.29, 0.717) is 6.54 Å². The first-order valence-electron chi connectivity index (χ1n) is 5.86. The van der Waals surface area contributed by atoms with E-state index >= 15 is 0 Å². The standard InChI is InChI=1S/C15H13NOS/c1-11-3-2-4-12(9-11)10-16-7-5-14-13(15(16)17)6-8-18-14/h2-9H,10H2,1H3. The second-order valence-corrected chi connectivity index (χ2v) is 5.38. The van der Waals surface area contributed by atoms with Crippen LogP contribution in [-0.2, 0) is 6.54 Å². The fourth-order valence-electron chi connectivity index (χ4n) is 2.14. The van der Waals surface area contributed by atoms with E-state index in [1.165, 1.54) is 5.56 Å². The van der Waals surface area contributed by atoms with E-state index < -0.39 is 0 Å². The SMILES string of the molecule is Cc1cccc(Cn2ccc3sccc3c2=O)c1. The summed E-state index contributed by atoms with van der Waals surface area (Å²) in [7, 11) is 0. The average Bonchev–Trinajstić information content (AvgIpc) is 2.82. The molecule has 0 amide bonds. The maximum absolute atomic E-state index is 12.2. The largest absolute Gasteiger partial charge is 0.311 e. The maximum Gasteiger partial charge on any atom is 0.259 e. The molecule has 90 valence electrons. The molecule has 3 heteroatoms. The summed E-state index contributed by atoms with van der Waals surface area (Å²) in [4.78, 5) is 12.2. The number of aromatic nitrogens is 1. The Balaban J connectivity index is 2.05. The Bertz CT molecular complexity index is 754. The number of fused-ring (bicyclic) bond motifs is 1. The van der Waals surface area contributed by atoms with Crippen LogP contribution in [0.2, 0.25) is 0 Å². The molecule has 2 heterocycles. The van der Waals surface area contributed by atoms with Crippen molar-refractivity contribution in [2.75, 3.05) is 0 Å². The Morgan fingerprint density at radius 1 is 1.22 bits per heavy atom. The van der Waals surface area contributed by atoms with Crippen LogP contribution < -0.4 is 5.56 Å². The van der Waals surface area contributed by atoms with Gasteiger partial charge in [-0.1, -0.05) is 29.8 Å². The Hall–Kier alpha value is -1.87. The molecule has 2 aromatic heterocycles. The fourth-order valence-corrected chi connectivity index (χ4v) is 2.91. The molecule has 0 fully saturated rings. The second kappa shape index (κ2) is 4.42. The number of rotatable bonds is 2. The summed E-state index contributed by atoms with van der Waals surface area (Å²) in [5, 5.41) is 2.78. The molecule has 3 rings (SSSR count). The van der Waals surface area contributed by atoms with Crippen molar-refractivity contribution in [1.29, 1.82) is 0 Å². The van der Waals surface area contributed by atoms with Gasteiger partial charge in [0.05, 0.1) is 11.9 Å². The number of nitrogens with zero attached hydrogens (tertiary/aromatic N) is 1. The van der Waals surface area contributed by atoms with Crippen LogP contribution in [0.25, 0.3) is 10.1 Å². The summed E-state index contributed by atoms with van der Waals surface area (Å²) in [5.74, 6) is 0. The van der Waals surface area contributed by atoms with Crippen molar-refractivity contribution in [2.24, 2.45) is 0 Å². The third-order valence-electron chi connectivity index (χ3n) is 3.03. The first-order chi connectivity index (χ1) is 8.74. The first-order valence-corrected chi connectivity index (χ1v) is 6.74. The molecule has 2 nitrogen and oxygen atoms in total. The highest BCUT2D eigenvalue weighted by Crippen LogP contribution is 2.16. The summed E-state index contributed by atoms with van der Waals surface area (Å²) >= 11 is 1.61. The Morgan fingerprint density at radius 3 is 2.94 bits per heavy atom. The lowest BCUT2D eigenvalue weighted by Gasteiger charge is -2.06. The minimum absolute atomic E-state index is 0.0928. The third kappa shape index (κ3) is 1.97. The topological polar surface area (TPSA) is 22.0 Å². The van der Waals surface area contributed by atoms with Crippen LogP contribution in [0.4, 0.5) is 0 Å². The van der Waals surface area contributed by atoms with E-state index in [9.17, 15) is 4.79 Å². The predicted octanol–water partition coefficient (Wildman–Crippen LogP) is 3.42. The van der Waals surface area contributed by atoms with E-state index in [4.69, 9.17) is 0 Å². The van der Waals surface area contributed by atoms with Crippen LogP contribution in [0.5, 0.6) is 0 Å². The van der Waals surface area contributed by atoms with Gasteiger partial charge >= 0.3 is 0 Å². The van der Waals surface area contributed by atoms with Gasteiger partial charge in [0.15, 0.2) is 0 Å². The summed E-state index contributed by atoms with van der Waals surface area (Å²) in [6.07, 6.45) is 1.88. The number of pyridine rings is 1. The van der Waals surface area contributed by atoms with E-state index in [0.717, 1.165) is 15.6 Å². The Morgan fingerprint density at radius 2 is 2.11 bits per heavy atom. The molecule has 0 atom stereocenters. The van der Waals surface area contributed by atoms with Gasteiger partial charge in [-0.15, -0.1) is 11.3 Å². The molecular weight excluding hydrogens is 242 g/mol. The van der Waals surface area contributed by atoms with Crippen LogP contribution in [0.15, 0.2) is 52.8 Å². The van der Waals surface area contributed by atoms with Gasteiger partial charge in [-0.2, -0.15) is 0 Å². The predicted molar refractivity (Wildman–Crippen MR) is 76.4 cm³/mol. The molecular formula is C15H13NOS. The molecule has 0 saturated carbocycles. The molecule has 0 aliphatic heterocycles. The summed E-state index contributed by atoms with van der Waals surface area (Å²) < 4.78 is 2.82. The van der Waals surface area contributed by atoms with Crippen molar-refractivity contribution in [2.45, 2.75) is 13.5 Å². The van der Waals surface area contributed by atoms with Gasteiger partial charge in [-0.05, 0) is 30.0 Å². The van der Waals surface area contributed by atoms with Crippen LogP contribution in [-0.4, -0.2) is 4.57 Å². The molecule has 0 spiro atoms. The van der Waals surface area contributed by atoms with Gasteiger partial charge in [0, 0.05) is 10.9 Å². The van der Waals surface area contributed by atoms with Gasteiger partial charge in [-0.25, -0.2) is 0 Å². The molecule has 0 unspecified atom stereocenters. The number of benzene rings is 1. The van der Waals surface area contributed by atoms with Crippen LogP contribution >= 0.6 is 11.3 Å². The smallest absolute Gasteiger partial charge is 0.259 e. The van der Waals surface area contributed by atoms with Crippen LogP contribution in [0.3, 0.4) is 0 Å². The van der Waals surface area contributed by atoms with Gasteiger partial charge in [0.2, 0.25) is 0 Å². The Kier molecular flexibility index (Phi) is 2.76. The molecule has 1 aromatic carbocycles. The van der Waals surface area contributed by atoms with E-state index in [2.05, 4.69) is 25.1 Å². The van der Waals surface area contributed by atoms with E-state index in [1.54, 1.807) is 15.9 Å². The van der Waals surface area contributed by atoms with E-state index in [1.807, 2.05) is 29.8 Å². The van der Waals surface area contributed by atoms with Crippen LogP contribution in [0, 0.1) is 6.92 Å². The third-order valence-corrected chi connectivity index (χ3v) is 3.91. The number of hydrogen-bond acceptors (Lipinski definition) is 2. The first kappa shape index (κ1) is 11.2. The highest BCUT2D eigenvalue weighted by atomic mass is 32.1. The van der Waals surface area contributed by atoms with Crippen molar-refractivity contribution in [1.82, 2.24) is 4.57 Å². The minimum atomic E-state index is 0.0928. The summed E-state index contributed by atoms with van der Waals surface area (Å²) in [6.45, 7) is 2.70. The maximum atomic E-state index is 12.2. The lowest BCUT2D eigenvalue weighted by molar-refractivity contribution is 0.768. The van der Waals surface area contributed by atoms with Crippen molar-refractivity contribution in [3.63, 3.8) is 0 Å². The average molecular weight is 255 g/mol. The lowest BCUT2D eigenvalue weighted by atomic mass is 10.1. The molecule has 0 aliphatic rings. The van der Waals surface area contributed by atoms with Gasteiger partial charge < -0.3 is 4.57 Å². The van der Waals surface area contributed by atoms with Crippen LogP contribution in [0.1, 0.15) is 11.1 Å². The van der Waals surface area contributed by atoms with Crippen molar-refractivity contribution in [3.05, 3.63) is 69.5 Å². The van der Waals surface area contributed by atoms with Crippen molar-refractivity contribution in [3.8, 4) is 0 Å². The zero-order chi connectivity index (χ0) is 12.5. The zero-order valence-corrected chi connectivity index (χ0v) is 10.9. The quantitative estimate of drug-likeness (QED) is 0.687. The monoisotopic (exact) mass is 255 g/mol.